The number of amides is 1. The number of rotatable bonds is 6. The van der Waals surface area contributed by atoms with Crippen LogP contribution >= 0.6 is 15.9 Å². The topological polar surface area (TPSA) is 55.4 Å². The van der Waals surface area contributed by atoms with Crippen LogP contribution in [0.4, 0.5) is 5.69 Å². The summed E-state index contributed by atoms with van der Waals surface area (Å²) in [6, 6.07) is 12.9. The van der Waals surface area contributed by atoms with Gasteiger partial charge in [-0.15, -0.1) is 0 Å². The van der Waals surface area contributed by atoms with Crippen molar-refractivity contribution in [3.63, 3.8) is 0 Å². The number of nitrogens with one attached hydrogen (secondary N) is 1. The Hall–Kier alpha value is -2.14. The molecule has 0 heterocycles. The monoisotopic (exact) mass is 417 g/mol. The van der Waals surface area contributed by atoms with Crippen molar-refractivity contribution < 1.29 is 14.3 Å². The van der Waals surface area contributed by atoms with E-state index in [0.29, 0.717) is 5.56 Å². The third kappa shape index (κ3) is 5.18. The first-order chi connectivity index (χ1) is 12.3. The van der Waals surface area contributed by atoms with Crippen LogP contribution in [0.2, 0.25) is 0 Å². The van der Waals surface area contributed by atoms with E-state index in [-0.39, 0.29) is 24.3 Å². The van der Waals surface area contributed by atoms with Crippen LogP contribution in [0.1, 0.15) is 61.0 Å². The second-order valence-corrected chi connectivity index (χ2v) is 7.67. The highest BCUT2D eigenvalue weighted by molar-refractivity contribution is 9.10. The summed E-state index contributed by atoms with van der Waals surface area (Å²) >= 11 is 3.31. The minimum Gasteiger partial charge on any atom is -0.452 e. The molecular weight excluding hydrogens is 394 g/mol. The summed E-state index contributed by atoms with van der Waals surface area (Å²) in [5, 5.41) is 2.93. The zero-order valence-electron chi connectivity index (χ0n) is 15.5. The van der Waals surface area contributed by atoms with E-state index < -0.39 is 5.97 Å². The van der Waals surface area contributed by atoms with E-state index >= 15 is 0 Å². The number of ether oxygens (including phenoxy) is 1. The zero-order chi connectivity index (χ0) is 19.3. The first-order valence-electron chi connectivity index (χ1n) is 8.65. The fourth-order valence-electron chi connectivity index (χ4n) is 2.70. The fourth-order valence-corrected chi connectivity index (χ4v) is 3.10. The van der Waals surface area contributed by atoms with Crippen LogP contribution < -0.4 is 5.32 Å². The molecule has 1 N–H and O–H groups in total. The molecule has 0 aliphatic rings. The number of anilines is 1. The van der Waals surface area contributed by atoms with Crippen LogP contribution in [0.15, 0.2) is 46.9 Å². The second kappa shape index (κ2) is 8.99. The molecule has 2 aromatic rings. The van der Waals surface area contributed by atoms with Crippen LogP contribution in [0.25, 0.3) is 0 Å². The predicted octanol–water partition coefficient (Wildman–Crippen LogP) is 5.49. The molecule has 0 aliphatic carbocycles. The number of benzene rings is 2. The number of esters is 1. The van der Waals surface area contributed by atoms with Gasteiger partial charge < -0.3 is 10.1 Å². The Morgan fingerprint density at radius 2 is 1.58 bits per heavy atom. The molecule has 0 bridgehead atoms. The van der Waals surface area contributed by atoms with Gasteiger partial charge in [0.25, 0.3) is 5.91 Å². The molecule has 5 heteroatoms. The average Bonchev–Trinajstić information content (AvgIpc) is 2.59. The van der Waals surface area contributed by atoms with Gasteiger partial charge >= 0.3 is 5.97 Å². The van der Waals surface area contributed by atoms with Gasteiger partial charge in [-0.1, -0.05) is 67.9 Å². The van der Waals surface area contributed by atoms with Crippen LogP contribution in [0, 0.1) is 0 Å². The van der Waals surface area contributed by atoms with Gasteiger partial charge in [0, 0.05) is 10.2 Å². The molecule has 26 heavy (non-hydrogen) atoms. The molecule has 0 spiro atoms. The molecule has 0 saturated heterocycles. The lowest BCUT2D eigenvalue weighted by atomic mass is 9.92. The molecule has 2 rings (SSSR count). The summed E-state index contributed by atoms with van der Waals surface area (Å²) in [4.78, 5) is 24.4. The second-order valence-electron chi connectivity index (χ2n) is 6.76. The fraction of sp³-hybridized carbons (Fsp3) is 0.333. The zero-order valence-corrected chi connectivity index (χ0v) is 17.1. The van der Waals surface area contributed by atoms with Crippen molar-refractivity contribution >= 4 is 33.5 Å². The van der Waals surface area contributed by atoms with E-state index in [4.69, 9.17) is 4.74 Å². The molecule has 0 fully saturated rings. The van der Waals surface area contributed by atoms with Crippen molar-refractivity contribution in [3.05, 3.63) is 63.6 Å². The maximum atomic E-state index is 12.4. The van der Waals surface area contributed by atoms with Crippen molar-refractivity contribution in [2.75, 3.05) is 11.9 Å². The quantitative estimate of drug-likeness (QED) is 0.631. The Kier molecular flexibility index (Phi) is 6.98. The van der Waals surface area contributed by atoms with E-state index in [1.807, 2.05) is 24.3 Å². The third-order valence-corrected chi connectivity index (χ3v) is 4.53. The lowest BCUT2D eigenvalue weighted by Gasteiger charge is -2.20. The molecule has 138 valence electrons. The van der Waals surface area contributed by atoms with Crippen LogP contribution in [-0.2, 0) is 9.53 Å². The standard InChI is InChI=1S/C21H24BrNO3/c1-13(2)17-9-6-10-18(14(3)4)20(17)23-19(24)12-26-21(25)15-7-5-8-16(22)11-15/h5-11,13-14H,12H2,1-4H3,(H,23,24). The van der Waals surface area contributed by atoms with Crippen molar-refractivity contribution in [3.8, 4) is 0 Å². The van der Waals surface area contributed by atoms with E-state index in [9.17, 15) is 9.59 Å². The third-order valence-electron chi connectivity index (χ3n) is 4.03. The van der Waals surface area contributed by atoms with Gasteiger partial charge in [-0.3, -0.25) is 4.79 Å². The first-order valence-corrected chi connectivity index (χ1v) is 9.44. The lowest BCUT2D eigenvalue weighted by Crippen LogP contribution is -2.22. The van der Waals surface area contributed by atoms with Gasteiger partial charge in [-0.05, 0) is 41.2 Å². The summed E-state index contributed by atoms with van der Waals surface area (Å²) in [5.41, 5.74) is 3.37. The highest BCUT2D eigenvalue weighted by Crippen LogP contribution is 2.32. The normalized spacial score (nSPS) is 10.9. The van der Waals surface area contributed by atoms with Crippen molar-refractivity contribution in [1.29, 1.82) is 0 Å². The molecule has 4 nitrogen and oxygen atoms in total. The molecule has 0 atom stereocenters. The summed E-state index contributed by atoms with van der Waals surface area (Å²) in [6.07, 6.45) is 0. The number of para-hydroxylation sites is 1. The molecule has 0 aliphatic heterocycles. The van der Waals surface area contributed by atoms with Crippen molar-refractivity contribution in [2.24, 2.45) is 0 Å². The smallest absolute Gasteiger partial charge is 0.338 e. The predicted molar refractivity (Wildman–Crippen MR) is 108 cm³/mol. The number of carbonyl (C=O) groups excluding carboxylic acids is 2. The molecule has 0 unspecified atom stereocenters. The van der Waals surface area contributed by atoms with E-state index in [2.05, 4.69) is 48.9 Å². The number of hydrogen-bond acceptors (Lipinski definition) is 3. The number of halogens is 1. The van der Waals surface area contributed by atoms with Crippen LogP contribution in [0.5, 0.6) is 0 Å². The van der Waals surface area contributed by atoms with Gasteiger partial charge in [0.1, 0.15) is 0 Å². The molecule has 0 saturated carbocycles. The summed E-state index contributed by atoms with van der Waals surface area (Å²) in [5.74, 6) is -0.326. The lowest BCUT2D eigenvalue weighted by molar-refractivity contribution is -0.119. The van der Waals surface area contributed by atoms with Gasteiger partial charge in [-0.25, -0.2) is 4.79 Å². The van der Waals surface area contributed by atoms with E-state index in [0.717, 1.165) is 21.3 Å². The SMILES string of the molecule is CC(C)c1cccc(C(C)C)c1NC(=O)COC(=O)c1cccc(Br)c1. The van der Waals surface area contributed by atoms with Crippen LogP contribution in [0.3, 0.4) is 0 Å². The Morgan fingerprint density at radius 1 is 1.00 bits per heavy atom. The molecule has 1 amide bonds. The highest BCUT2D eigenvalue weighted by atomic mass is 79.9. The summed E-state index contributed by atoms with van der Waals surface area (Å²) < 4.78 is 5.93. The Morgan fingerprint density at radius 3 is 2.12 bits per heavy atom. The Bertz CT molecular complexity index is 773. The van der Waals surface area contributed by atoms with Crippen molar-refractivity contribution in [1.82, 2.24) is 0 Å². The summed E-state index contributed by atoms with van der Waals surface area (Å²) in [7, 11) is 0. The van der Waals surface area contributed by atoms with Gasteiger partial charge in [0.2, 0.25) is 0 Å². The minimum atomic E-state index is -0.525. The molecule has 0 aromatic heterocycles. The maximum absolute atomic E-state index is 12.4. The van der Waals surface area contributed by atoms with Crippen LogP contribution in [-0.4, -0.2) is 18.5 Å². The van der Waals surface area contributed by atoms with Gasteiger partial charge in [0.15, 0.2) is 6.61 Å². The molecular formula is C21H24BrNO3. The number of carbonyl (C=O) groups is 2. The Labute approximate surface area is 163 Å². The van der Waals surface area contributed by atoms with Crippen molar-refractivity contribution in [2.45, 2.75) is 39.5 Å². The van der Waals surface area contributed by atoms with E-state index in [1.54, 1.807) is 18.2 Å². The highest BCUT2D eigenvalue weighted by Gasteiger charge is 2.17. The van der Waals surface area contributed by atoms with Gasteiger partial charge in [-0.2, -0.15) is 0 Å². The van der Waals surface area contributed by atoms with E-state index in [1.165, 1.54) is 0 Å². The largest absolute Gasteiger partial charge is 0.452 e. The minimum absolute atomic E-state index is 0.271. The maximum Gasteiger partial charge on any atom is 0.338 e. The molecule has 2 aromatic carbocycles. The van der Waals surface area contributed by atoms with Gasteiger partial charge in [0.05, 0.1) is 5.56 Å². The summed E-state index contributed by atoms with van der Waals surface area (Å²) in [6.45, 7) is 8.02. The number of hydrogen-bond donors (Lipinski definition) is 1. The first kappa shape index (κ1) is 20.2. The molecule has 0 radical (unpaired) electrons. The average molecular weight is 418 g/mol. The Balaban J connectivity index is 2.09.